The Kier molecular flexibility index (Phi) is 13.2. The van der Waals surface area contributed by atoms with Crippen LogP contribution in [-0.2, 0) is 0 Å². The fourth-order valence-corrected chi connectivity index (χ4v) is 2.79. The van der Waals surface area contributed by atoms with Gasteiger partial charge in [0.15, 0.2) is 0 Å². The number of hydrogen-bond donors (Lipinski definition) is 0. The fourth-order valence-electron chi connectivity index (χ4n) is 2.79. The van der Waals surface area contributed by atoms with Crippen molar-refractivity contribution in [3.05, 3.63) is 59.3 Å². The van der Waals surface area contributed by atoms with Crippen LogP contribution in [0.4, 0.5) is 0 Å². The lowest BCUT2D eigenvalue weighted by Gasteiger charge is -2.18. The quantitative estimate of drug-likeness (QED) is 0.311. The minimum atomic E-state index is 0.607. The number of rotatable bonds is 12. The molecule has 0 spiro atoms. The molecule has 0 aliphatic rings. The van der Waals surface area contributed by atoms with Gasteiger partial charge in [0.05, 0.1) is 0 Å². The summed E-state index contributed by atoms with van der Waals surface area (Å²) >= 11 is 0. The molecule has 0 aliphatic carbocycles. The third-order valence-corrected chi connectivity index (χ3v) is 4.82. The van der Waals surface area contributed by atoms with Crippen LogP contribution in [0.5, 0.6) is 0 Å². The third kappa shape index (κ3) is 13.6. The summed E-state index contributed by atoms with van der Waals surface area (Å²) in [5, 5.41) is 0. The van der Waals surface area contributed by atoms with E-state index >= 15 is 0 Å². The molecule has 0 N–H and O–H groups in total. The summed E-state index contributed by atoms with van der Waals surface area (Å²) in [4.78, 5) is 0. The Morgan fingerprint density at radius 3 is 2.04 bits per heavy atom. The van der Waals surface area contributed by atoms with Gasteiger partial charge in [0, 0.05) is 0 Å². The summed E-state index contributed by atoms with van der Waals surface area (Å²) in [6, 6.07) is 0. The van der Waals surface area contributed by atoms with Crippen LogP contribution in [0, 0.1) is 11.8 Å². The van der Waals surface area contributed by atoms with Crippen molar-refractivity contribution in [1.29, 1.82) is 0 Å². The first-order valence-electron chi connectivity index (χ1n) is 9.97. The first-order valence-corrected chi connectivity index (χ1v) is 9.97. The zero-order chi connectivity index (χ0) is 19.2. The Balaban J connectivity index is 4.84. The Labute approximate surface area is 158 Å². The molecular formula is C25H42. The monoisotopic (exact) mass is 342 g/mol. The molecule has 0 fully saturated rings. The highest BCUT2D eigenvalue weighted by molar-refractivity contribution is 5.11. The van der Waals surface area contributed by atoms with Crippen molar-refractivity contribution in [3.63, 3.8) is 0 Å². The zero-order valence-corrected chi connectivity index (χ0v) is 18.0. The molecule has 25 heavy (non-hydrogen) atoms. The molecular weight excluding hydrogens is 300 g/mol. The maximum Gasteiger partial charge on any atom is -0.0164 e. The lowest BCUT2D eigenvalue weighted by molar-refractivity contribution is 0.491. The molecule has 0 amide bonds. The summed E-state index contributed by atoms with van der Waals surface area (Å²) in [7, 11) is 0. The van der Waals surface area contributed by atoms with Crippen molar-refractivity contribution in [2.24, 2.45) is 11.8 Å². The van der Waals surface area contributed by atoms with Gasteiger partial charge in [-0.05, 0) is 91.9 Å². The average Bonchev–Trinajstić information content (AvgIpc) is 2.53. The van der Waals surface area contributed by atoms with E-state index in [2.05, 4.69) is 85.4 Å². The Morgan fingerprint density at radius 2 is 1.48 bits per heavy atom. The van der Waals surface area contributed by atoms with Gasteiger partial charge in [0.25, 0.3) is 0 Å². The van der Waals surface area contributed by atoms with E-state index in [4.69, 9.17) is 0 Å². The molecule has 0 rings (SSSR count). The van der Waals surface area contributed by atoms with Gasteiger partial charge in [-0.25, -0.2) is 0 Å². The van der Waals surface area contributed by atoms with Gasteiger partial charge in [-0.2, -0.15) is 0 Å². The van der Waals surface area contributed by atoms with E-state index in [1.54, 1.807) is 5.57 Å². The van der Waals surface area contributed by atoms with Crippen molar-refractivity contribution in [2.45, 2.75) is 87.0 Å². The third-order valence-electron chi connectivity index (χ3n) is 4.82. The molecule has 0 aromatic rings. The highest BCUT2D eigenvalue weighted by Gasteiger charge is 2.11. The highest BCUT2D eigenvalue weighted by Crippen LogP contribution is 2.25. The van der Waals surface area contributed by atoms with Crippen LogP contribution in [0.1, 0.15) is 87.0 Å². The molecule has 142 valence electrons. The van der Waals surface area contributed by atoms with Crippen LogP contribution in [0.2, 0.25) is 0 Å². The van der Waals surface area contributed by atoms with E-state index in [9.17, 15) is 0 Å². The van der Waals surface area contributed by atoms with Gasteiger partial charge in [-0.3, -0.25) is 0 Å². The summed E-state index contributed by atoms with van der Waals surface area (Å²) in [5.74, 6) is 1.27. The average molecular weight is 343 g/mol. The Bertz CT molecular complexity index is 488. The number of allylic oxidation sites excluding steroid dienone is 9. The maximum atomic E-state index is 3.93. The number of hydrogen-bond acceptors (Lipinski definition) is 0. The molecule has 0 nitrogen and oxygen atoms in total. The van der Waals surface area contributed by atoms with Crippen LogP contribution in [-0.4, -0.2) is 0 Å². The summed E-state index contributed by atoms with van der Waals surface area (Å²) < 4.78 is 0. The van der Waals surface area contributed by atoms with Crippen molar-refractivity contribution in [3.8, 4) is 0 Å². The minimum Gasteiger partial charge on any atom is -0.103 e. The Morgan fingerprint density at radius 1 is 0.840 bits per heavy atom. The molecule has 0 aromatic carbocycles. The van der Waals surface area contributed by atoms with Gasteiger partial charge in [-0.15, -0.1) is 6.58 Å². The fraction of sp³-hybridized carbons (Fsp3) is 0.600. The summed E-state index contributed by atoms with van der Waals surface area (Å²) in [5.41, 5.74) is 5.89. The molecule has 0 heteroatoms. The first-order chi connectivity index (χ1) is 11.8. The lowest BCUT2D eigenvalue weighted by atomic mass is 9.87. The second-order valence-electron chi connectivity index (χ2n) is 8.06. The molecule has 0 saturated heterocycles. The SMILES string of the molecule is C=C[C@@H](C)CC[C@@H](C/C=C(\C)CCC=C(C)C)/C(C)=C/CC=C(C)C. The molecule has 0 heterocycles. The molecule has 0 aromatic heterocycles. The molecule has 0 saturated carbocycles. The molecule has 0 unspecified atom stereocenters. The first kappa shape index (κ1) is 23.7. The van der Waals surface area contributed by atoms with Crippen LogP contribution in [0.15, 0.2) is 59.3 Å². The van der Waals surface area contributed by atoms with Crippen LogP contribution >= 0.6 is 0 Å². The van der Waals surface area contributed by atoms with Gasteiger partial charge in [0.1, 0.15) is 0 Å². The van der Waals surface area contributed by atoms with E-state index < -0.39 is 0 Å². The van der Waals surface area contributed by atoms with Gasteiger partial charge >= 0.3 is 0 Å². The normalized spacial score (nSPS) is 14.7. The predicted molar refractivity (Wildman–Crippen MR) is 117 cm³/mol. The van der Waals surface area contributed by atoms with Crippen LogP contribution in [0.25, 0.3) is 0 Å². The summed E-state index contributed by atoms with van der Waals surface area (Å²) in [6.07, 6.45) is 18.7. The standard InChI is InChI=1S/C25H42/c1-9-22(6)16-18-25(24(8)15-11-13-21(4)5)19-17-23(7)14-10-12-20(2)3/h9,12-13,15,17,22,25H,1,10-11,14,16,18-19H2,2-8H3/b23-17+,24-15+/t22-,25+/m1/s1. The van der Waals surface area contributed by atoms with Crippen molar-refractivity contribution >= 4 is 0 Å². The smallest absolute Gasteiger partial charge is 0.0164 e. The second kappa shape index (κ2) is 13.9. The molecule has 0 radical (unpaired) electrons. The summed E-state index contributed by atoms with van der Waals surface area (Å²) in [6.45, 7) is 19.5. The van der Waals surface area contributed by atoms with Gasteiger partial charge in [0.2, 0.25) is 0 Å². The van der Waals surface area contributed by atoms with E-state index in [1.807, 2.05) is 0 Å². The molecule has 0 bridgehead atoms. The highest BCUT2D eigenvalue weighted by atomic mass is 14.2. The topological polar surface area (TPSA) is 0 Å². The largest absolute Gasteiger partial charge is 0.103 e. The van der Waals surface area contributed by atoms with Crippen molar-refractivity contribution < 1.29 is 0 Å². The zero-order valence-electron chi connectivity index (χ0n) is 18.0. The van der Waals surface area contributed by atoms with Crippen LogP contribution < -0.4 is 0 Å². The van der Waals surface area contributed by atoms with Gasteiger partial charge in [-0.1, -0.05) is 59.6 Å². The molecule has 2 atom stereocenters. The van der Waals surface area contributed by atoms with Crippen LogP contribution in [0.3, 0.4) is 0 Å². The lowest BCUT2D eigenvalue weighted by Crippen LogP contribution is -2.04. The van der Waals surface area contributed by atoms with E-state index in [0.29, 0.717) is 11.8 Å². The van der Waals surface area contributed by atoms with Crippen molar-refractivity contribution in [2.75, 3.05) is 0 Å². The van der Waals surface area contributed by atoms with Gasteiger partial charge < -0.3 is 0 Å². The van der Waals surface area contributed by atoms with E-state index in [1.165, 1.54) is 42.4 Å². The van der Waals surface area contributed by atoms with E-state index in [0.717, 1.165) is 12.8 Å². The maximum absolute atomic E-state index is 3.93. The Hall–Kier alpha value is -1.30. The predicted octanol–water partition coefficient (Wildman–Crippen LogP) is 8.59. The second-order valence-corrected chi connectivity index (χ2v) is 8.06. The minimum absolute atomic E-state index is 0.607. The van der Waals surface area contributed by atoms with E-state index in [-0.39, 0.29) is 0 Å². The molecule has 0 aliphatic heterocycles. The van der Waals surface area contributed by atoms with Crippen molar-refractivity contribution in [1.82, 2.24) is 0 Å².